The number of carbonyl (C=O) groups is 3. The Morgan fingerprint density at radius 3 is 2.39 bits per heavy atom. The summed E-state index contributed by atoms with van der Waals surface area (Å²) in [5, 5.41) is 3.85. The lowest BCUT2D eigenvalue weighted by atomic mass is 10.0. The summed E-state index contributed by atoms with van der Waals surface area (Å²) in [6.45, 7) is 7.74. The Bertz CT molecular complexity index is 1620. The standard InChI is InChI=1S/C33H36N4O4/c1-5-36(32-21(2)23-13-8-11-17-28(23)41-32)30(39)24-14-7-10-16-27(24)37-26-15-9-6-12-22(26)18-19-25(31(37)40)35-29(38)20-33(3,4)34/h6-17,25H,5,18-20,34H2,1-4H3,(H,35,38). The molecule has 1 aromatic heterocycles. The minimum Gasteiger partial charge on any atom is -0.440 e. The quantitative estimate of drug-likeness (QED) is 0.309. The largest absolute Gasteiger partial charge is 0.440 e. The Kier molecular flexibility index (Phi) is 7.69. The van der Waals surface area contributed by atoms with Gasteiger partial charge in [-0.3, -0.25) is 24.2 Å². The van der Waals surface area contributed by atoms with Crippen LogP contribution in [0.3, 0.4) is 0 Å². The lowest BCUT2D eigenvalue weighted by Gasteiger charge is -2.29. The number of rotatable bonds is 7. The van der Waals surface area contributed by atoms with Crippen molar-refractivity contribution in [2.45, 2.75) is 58.5 Å². The minimum atomic E-state index is -0.777. The van der Waals surface area contributed by atoms with E-state index in [1.807, 2.05) is 62.4 Å². The summed E-state index contributed by atoms with van der Waals surface area (Å²) in [4.78, 5) is 44.4. The minimum absolute atomic E-state index is 0.0844. The lowest BCUT2D eigenvalue weighted by molar-refractivity contribution is -0.127. The number of furan rings is 1. The molecule has 0 saturated heterocycles. The number of nitrogens with zero attached hydrogens (tertiary/aromatic N) is 2. The molecule has 3 amide bonds. The highest BCUT2D eigenvalue weighted by Crippen LogP contribution is 2.38. The van der Waals surface area contributed by atoms with Crippen LogP contribution in [0.15, 0.2) is 77.2 Å². The molecule has 0 bridgehead atoms. The van der Waals surface area contributed by atoms with Gasteiger partial charge in [0, 0.05) is 29.5 Å². The summed E-state index contributed by atoms with van der Waals surface area (Å²) >= 11 is 0. The second-order valence-electron chi connectivity index (χ2n) is 11.2. The maximum absolute atomic E-state index is 14.2. The summed E-state index contributed by atoms with van der Waals surface area (Å²) in [5.74, 6) is -0.402. The number of anilines is 3. The molecular weight excluding hydrogens is 516 g/mol. The molecule has 0 aliphatic carbocycles. The highest BCUT2D eigenvalue weighted by Gasteiger charge is 2.35. The van der Waals surface area contributed by atoms with Gasteiger partial charge in [0.2, 0.25) is 11.8 Å². The third-order valence-electron chi connectivity index (χ3n) is 7.41. The second kappa shape index (κ2) is 11.2. The Hall–Kier alpha value is -4.43. The number of benzene rings is 3. The van der Waals surface area contributed by atoms with Crippen molar-refractivity contribution in [2.24, 2.45) is 5.73 Å². The monoisotopic (exact) mass is 552 g/mol. The van der Waals surface area contributed by atoms with Crippen molar-refractivity contribution in [3.63, 3.8) is 0 Å². The van der Waals surface area contributed by atoms with E-state index in [2.05, 4.69) is 5.32 Å². The molecule has 3 N–H and O–H groups in total. The number of hydrogen-bond donors (Lipinski definition) is 2. The molecule has 5 rings (SSSR count). The van der Waals surface area contributed by atoms with Crippen LogP contribution in [-0.4, -0.2) is 35.8 Å². The normalized spacial score (nSPS) is 15.4. The molecule has 8 heteroatoms. The van der Waals surface area contributed by atoms with E-state index < -0.39 is 11.6 Å². The zero-order valence-electron chi connectivity index (χ0n) is 23.9. The molecule has 2 heterocycles. The van der Waals surface area contributed by atoms with Gasteiger partial charge in [-0.25, -0.2) is 0 Å². The van der Waals surface area contributed by atoms with Crippen LogP contribution in [0.4, 0.5) is 17.3 Å². The van der Waals surface area contributed by atoms with Gasteiger partial charge in [0.05, 0.1) is 16.9 Å². The second-order valence-corrected chi connectivity index (χ2v) is 11.2. The van der Waals surface area contributed by atoms with Crippen molar-refractivity contribution in [3.8, 4) is 0 Å². The van der Waals surface area contributed by atoms with Crippen LogP contribution in [0.5, 0.6) is 0 Å². The molecule has 1 unspecified atom stereocenters. The average Bonchev–Trinajstić information content (AvgIpc) is 3.20. The molecule has 4 aromatic rings. The zero-order chi connectivity index (χ0) is 29.3. The molecule has 8 nitrogen and oxygen atoms in total. The molecular formula is C33H36N4O4. The van der Waals surface area contributed by atoms with Gasteiger partial charge < -0.3 is 15.5 Å². The summed E-state index contributed by atoms with van der Waals surface area (Å²) < 4.78 is 6.14. The molecule has 212 valence electrons. The van der Waals surface area contributed by atoms with Gasteiger partial charge in [-0.05, 0) is 70.4 Å². The van der Waals surface area contributed by atoms with E-state index >= 15 is 0 Å². The first-order valence-corrected chi connectivity index (χ1v) is 14.0. The summed E-state index contributed by atoms with van der Waals surface area (Å²) in [6, 6.07) is 21.6. The van der Waals surface area contributed by atoms with Gasteiger partial charge in [0.1, 0.15) is 11.6 Å². The molecule has 0 saturated carbocycles. The Morgan fingerprint density at radius 1 is 1.02 bits per heavy atom. The van der Waals surface area contributed by atoms with Crippen LogP contribution in [0.2, 0.25) is 0 Å². The Balaban J connectivity index is 1.57. The van der Waals surface area contributed by atoms with Gasteiger partial charge >= 0.3 is 0 Å². The first-order valence-electron chi connectivity index (χ1n) is 14.0. The van der Waals surface area contributed by atoms with E-state index in [4.69, 9.17) is 10.2 Å². The smallest absolute Gasteiger partial charge is 0.262 e. The van der Waals surface area contributed by atoms with Gasteiger partial charge in [-0.1, -0.05) is 48.5 Å². The fourth-order valence-electron chi connectivity index (χ4n) is 5.47. The Labute approximate surface area is 240 Å². The highest BCUT2D eigenvalue weighted by atomic mass is 16.4. The molecule has 0 spiro atoms. The van der Waals surface area contributed by atoms with Crippen molar-refractivity contribution >= 4 is 45.9 Å². The maximum Gasteiger partial charge on any atom is 0.262 e. The molecule has 1 aliphatic heterocycles. The maximum atomic E-state index is 14.2. The van der Waals surface area contributed by atoms with Crippen LogP contribution in [0.1, 0.15) is 55.1 Å². The van der Waals surface area contributed by atoms with Crippen LogP contribution in [-0.2, 0) is 16.0 Å². The van der Waals surface area contributed by atoms with E-state index in [-0.39, 0.29) is 24.1 Å². The predicted molar refractivity (Wildman–Crippen MR) is 161 cm³/mol. The summed E-state index contributed by atoms with van der Waals surface area (Å²) in [7, 11) is 0. The molecule has 0 fully saturated rings. The van der Waals surface area contributed by atoms with Gasteiger partial charge in [0.15, 0.2) is 0 Å². The fraction of sp³-hybridized carbons (Fsp3) is 0.303. The fourth-order valence-corrected chi connectivity index (χ4v) is 5.47. The molecule has 0 radical (unpaired) electrons. The summed E-state index contributed by atoms with van der Waals surface area (Å²) in [6.07, 6.45) is 1.10. The SMILES string of the molecule is CCN(C(=O)c1ccccc1N1C(=O)C(NC(=O)CC(C)(C)N)CCc2ccccc21)c1oc2ccccc2c1C. The zero-order valence-corrected chi connectivity index (χ0v) is 23.9. The van der Waals surface area contributed by atoms with Crippen molar-refractivity contribution in [1.82, 2.24) is 5.32 Å². The lowest BCUT2D eigenvalue weighted by Crippen LogP contribution is -2.49. The molecule has 1 atom stereocenters. The third-order valence-corrected chi connectivity index (χ3v) is 7.41. The van der Waals surface area contributed by atoms with Crippen molar-refractivity contribution in [3.05, 3.63) is 89.5 Å². The van der Waals surface area contributed by atoms with Crippen molar-refractivity contribution in [1.29, 1.82) is 0 Å². The van der Waals surface area contributed by atoms with Gasteiger partial charge in [-0.2, -0.15) is 0 Å². The average molecular weight is 553 g/mol. The number of nitrogens with two attached hydrogens (primary N) is 1. The van der Waals surface area contributed by atoms with Crippen molar-refractivity contribution < 1.29 is 18.8 Å². The van der Waals surface area contributed by atoms with E-state index in [1.54, 1.807) is 47.9 Å². The topological polar surface area (TPSA) is 109 Å². The summed E-state index contributed by atoms with van der Waals surface area (Å²) in [5.41, 5.74) is 9.38. The third kappa shape index (κ3) is 5.60. The van der Waals surface area contributed by atoms with Crippen molar-refractivity contribution in [2.75, 3.05) is 16.3 Å². The van der Waals surface area contributed by atoms with Crippen LogP contribution in [0.25, 0.3) is 11.0 Å². The first-order chi connectivity index (χ1) is 19.6. The number of hydrogen-bond acceptors (Lipinski definition) is 5. The van der Waals surface area contributed by atoms with Crippen LogP contribution < -0.4 is 20.9 Å². The number of amides is 3. The van der Waals surface area contributed by atoms with E-state index in [9.17, 15) is 14.4 Å². The number of para-hydroxylation sites is 3. The number of nitrogens with one attached hydrogen (secondary N) is 1. The van der Waals surface area contributed by atoms with Crippen LogP contribution in [0, 0.1) is 6.92 Å². The number of aryl methyl sites for hydroxylation is 2. The molecule has 41 heavy (non-hydrogen) atoms. The first kappa shape index (κ1) is 28.1. The van der Waals surface area contributed by atoms with Gasteiger partial charge in [-0.15, -0.1) is 0 Å². The van der Waals surface area contributed by atoms with Crippen LogP contribution >= 0.6 is 0 Å². The highest BCUT2D eigenvalue weighted by molar-refractivity contribution is 6.15. The van der Waals surface area contributed by atoms with E-state index in [0.717, 1.165) is 16.5 Å². The molecule has 1 aliphatic rings. The van der Waals surface area contributed by atoms with E-state index in [0.29, 0.717) is 47.8 Å². The Morgan fingerprint density at radius 2 is 1.68 bits per heavy atom. The predicted octanol–water partition coefficient (Wildman–Crippen LogP) is 5.63. The van der Waals surface area contributed by atoms with E-state index in [1.165, 1.54) is 0 Å². The molecule has 3 aromatic carbocycles. The number of carbonyl (C=O) groups excluding carboxylic acids is 3. The van der Waals surface area contributed by atoms with Gasteiger partial charge in [0.25, 0.3) is 11.8 Å². The number of fused-ring (bicyclic) bond motifs is 2.